The van der Waals surface area contributed by atoms with Gasteiger partial charge in [-0.05, 0) is 11.5 Å². The number of nitrogens with one attached hydrogen (secondary N) is 2. The maximum absolute atomic E-state index is 12.1. The topological polar surface area (TPSA) is 68.2 Å². The molecule has 1 heterocycles. The lowest BCUT2D eigenvalue weighted by Gasteiger charge is -2.09. The molecule has 0 bridgehead atoms. The number of benzene rings is 2. The Morgan fingerprint density at radius 1 is 1.18 bits per heavy atom. The van der Waals surface area contributed by atoms with Crippen molar-refractivity contribution < 1.29 is 9.53 Å². The number of hydrogen-bond donors (Lipinski definition) is 2. The molecule has 0 aliphatic carbocycles. The Kier molecular flexibility index (Phi) is 4.02. The van der Waals surface area contributed by atoms with E-state index < -0.39 is 0 Å². The lowest BCUT2D eigenvalue weighted by molar-refractivity contribution is 0.120. The average Bonchev–Trinajstić information content (AvgIpc) is 2.95. The minimum Gasteiger partial charge on any atom is -0.362 e. The third kappa shape index (κ3) is 3.07. The molecular formula is C16H16N4O2. The standard InChI is InChI=1S/C16H16N4O2/c1-22-11-20-10-13(9-17-20)18-16(21)19-15-8-4-6-12-5-2-3-7-14(12)15/h2-10H,11H2,1H3,(H2,18,19,21). The first-order valence-electron chi connectivity index (χ1n) is 6.83. The van der Waals surface area contributed by atoms with Crippen molar-refractivity contribution in [3.05, 3.63) is 54.9 Å². The van der Waals surface area contributed by atoms with Crippen molar-refractivity contribution in [2.24, 2.45) is 0 Å². The Hall–Kier alpha value is -2.86. The smallest absolute Gasteiger partial charge is 0.323 e. The second-order valence-electron chi connectivity index (χ2n) is 4.79. The van der Waals surface area contributed by atoms with Gasteiger partial charge in [-0.15, -0.1) is 0 Å². The van der Waals surface area contributed by atoms with Gasteiger partial charge in [0.25, 0.3) is 0 Å². The zero-order valence-electron chi connectivity index (χ0n) is 12.1. The lowest BCUT2D eigenvalue weighted by Crippen LogP contribution is -2.19. The molecule has 0 fully saturated rings. The minimum absolute atomic E-state index is 0.312. The summed E-state index contributed by atoms with van der Waals surface area (Å²) in [4.78, 5) is 12.1. The zero-order chi connectivity index (χ0) is 15.4. The van der Waals surface area contributed by atoms with E-state index in [0.717, 1.165) is 16.5 Å². The van der Waals surface area contributed by atoms with E-state index in [1.165, 1.54) is 0 Å². The second kappa shape index (κ2) is 6.28. The number of fused-ring (bicyclic) bond motifs is 1. The quantitative estimate of drug-likeness (QED) is 0.776. The van der Waals surface area contributed by atoms with Gasteiger partial charge in [0.1, 0.15) is 6.73 Å². The summed E-state index contributed by atoms with van der Waals surface area (Å²) in [6.45, 7) is 0.340. The molecule has 0 unspecified atom stereocenters. The lowest BCUT2D eigenvalue weighted by atomic mass is 10.1. The van der Waals surface area contributed by atoms with Crippen LogP contribution in [0.3, 0.4) is 0 Å². The number of amides is 2. The maximum Gasteiger partial charge on any atom is 0.323 e. The van der Waals surface area contributed by atoms with Crippen LogP contribution in [0.4, 0.5) is 16.2 Å². The first-order valence-corrected chi connectivity index (χ1v) is 6.83. The highest BCUT2D eigenvalue weighted by Gasteiger charge is 2.07. The van der Waals surface area contributed by atoms with Crippen molar-refractivity contribution >= 4 is 28.2 Å². The molecule has 0 saturated carbocycles. The van der Waals surface area contributed by atoms with E-state index in [9.17, 15) is 4.79 Å². The van der Waals surface area contributed by atoms with Crippen LogP contribution in [0.15, 0.2) is 54.9 Å². The molecule has 112 valence electrons. The summed E-state index contributed by atoms with van der Waals surface area (Å²) >= 11 is 0. The summed E-state index contributed by atoms with van der Waals surface area (Å²) in [6.07, 6.45) is 3.27. The molecule has 3 rings (SSSR count). The highest BCUT2D eigenvalue weighted by atomic mass is 16.5. The van der Waals surface area contributed by atoms with Crippen molar-refractivity contribution in [1.29, 1.82) is 0 Å². The molecule has 6 nitrogen and oxygen atoms in total. The van der Waals surface area contributed by atoms with E-state index in [0.29, 0.717) is 12.4 Å². The Labute approximate surface area is 127 Å². The number of methoxy groups -OCH3 is 1. The number of rotatable bonds is 4. The Balaban J connectivity index is 1.72. The molecule has 0 atom stereocenters. The van der Waals surface area contributed by atoms with E-state index in [1.54, 1.807) is 24.2 Å². The van der Waals surface area contributed by atoms with E-state index in [1.807, 2.05) is 42.5 Å². The molecular weight excluding hydrogens is 280 g/mol. The molecule has 6 heteroatoms. The number of hydrogen-bond acceptors (Lipinski definition) is 3. The number of carbonyl (C=O) groups is 1. The van der Waals surface area contributed by atoms with Crippen molar-refractivity contribution in [3.63, 3.8) is 0 Å². The molecule has 0 aliphatic rings. The molecule has 2 aromatic carbocycles. The van der Waals surface area contributed by atoms with E-state index >= 15 is 0 Å². The molecule has 0 spiro atoms. The number of ether oxygens (including phenoxy) is 1. The molecule has 0 aliphatic heterocycles. The fourth-order valence-electron chi connectivity index (χ4n) is 2.25. The fourth-order valence-corrected chi connectivity index (χ4v) is 2.25. The average molecular weight is 296 g/mol. The first-order chi connectivity index (χ1) is 10.8. The summed E-state index contributed by atoms with van der Waals surface area (Å²) in [5, 5.41) is 11.7. The predicted molar refractivity (Wildman–Crippen MR) is 85.8 cm³/mol. The Morgan fingerprint density at radius 2 is 2.00 bits per heavy atom. The van der Waals surface area contributed by atoms with Crippen LogP contribution in [0.25, 0.3) is 10.8 Å². The number of aromatic nitrogens is 2. The first kappa shape index (κ1) is 14.1. The third-order valence-corrected chi connectivity index (χ3v) is 3.19. The maximum atomic E-state index is 12.1. The summed E-state index contributed by atoms with van der Waals surface area (Å²) < 4.78 is 6.55. The van der Waals surface area contributed by atoms with Crippen LogP contribution in [0.2, 0.25) is 0 Å². The Morgan fingerprint density at radius 3 is 2.86 bits per heavy atom. The van der Waals surface area contributed by atoms with E-state index in [4.69, 9.17) is 4.74 Å². The molecule has 1 aromatic heterocycles. The van der Waals surface area contributed by atoms with Gasteiger partial charge < -0.3 is 15.4 Å². The number of urea groups is 1. The SMILES string of the molecule is COCn1cc(NC(=O)Nc2cccc3ccccc23)cn1. The van der Waals surface area contributed by atoms with Gasteiger partial charge in [0, 0.05) is 12.5 Å². The van der Waals surface area contributed by atoms with Crippen LogP contribution < -0.4 is 10.6 Å². The van der Waals surface area contributed by atoms with Gasteiger partial charge in [-0.25, -0.2) is 9.48 Å². The molecule has 2 amide bonds. The van der Waals surface area contributed by atoms with E-state index in [2.05, 4.69) is 15.7 Å². The van der Waals surface area contributed by atoms with Crippen LogP contribution in [-0.2, 0) is 11.5 Å². The Bertz CT molecular complexity index is 792. The zero-order valence-corrected chi connectivity index (χ0v) is 12.1. The van der Waals surface area contributed by atoms with Crippen molar-refractivity contribution in [2.75, 3.05) is 17.7 Å². The van der Waals surface area contributed by atoms with Crippen LogP contribution in [-0.4, -0.2) is 22.9 Å². The van der Waals surface area contributed by atoms with Gasteiger partial charge in [0.15, 0.2) is 0 Å². The largest absolute Gasteiger partial charge is 0.362 e. The molecule has 0 saturated heterocycles. The van der Waals surface area contributed by atoms with Gasteiger partial charge in [-0.1, -0.05) is 36.4 Å². The van der Waals surface area contributed by atoms with Gasteiger partial charge in [0.2, 0.25) is 0 Å². The second-order valence-corrected chi connectivity index (χ2v) is 4.79. The van der Waals surface area contributed by atoms with Crippen molar-refractivity contribution in [1.82, 2.24) is 9.78 Å². The van der Waals surface area contributed by atoms with E-state index in [-0.39, 0.29) is 6.03 Å². The van der Waals surface area contributed by atoms with Gasteiger partial charge >= 0.3 is 6.03 Å². The number of anilines is 2. The molecule has 0 radical (unpaired) electrons. The minimum atomic E-state index is -0.312. The molecule has 3 aromatic rings. The number of nitrogens with zero attached hydrogens (tertiary/aromatic N) is 2. The molecule has 2 N–H and O–H groups in total. The monoisotopic (exact) mass is 296 g/mol. The summed E-state index contributed by atoms with van der Waals surface area (Å²) in [5.41, 5.74) is 1.37. The fraction of sp³-hybridized carbons (Fsp3) is 0.125. The normalized spacial score (nSPS) is 10.6. The van der Waals surface area contributed by atoms with Gasteiger partial charge in [0.05, 0.1) is 23.8 Å². The summed E-state index contributed by atoms with van der Waals surface area (Å²) in [5.74, 6) is 0. The third-order valence-electron chi connectivity index (χ3n) is 3.19. The van der Waals surface area contributed by atoms with Gasteiger partial charge in [-0.2, -0.15) is 5.10 Å². The number of carbonyl (C=O) groups excluding carboxylic acids is 1. The van der Waals surface area contributed by atoms with Crippen LogP contribution in [0.1, 0.15) is 0 Å². The van der Waals surface area contributed by atoms with Crippen LogP contribution in [0.5, 0.6) is 0 Å². The summed E-state index contributed by atoms with van der Waals surface area (Å²) in [6, 6.07) is 13.4. The highest BCUT2D eigenvalue weighted by molar-refractivity contribution is 6.06. The molecule has 22 heavy (non-hydrogen) atoms. The van der Waals surface area contributed by atoms with Crippen LogP contribution >= 0.6 is 0 Å². The van der Waals surface area contributed by atoms with Gasteiger partial charge in [-0.3, -0.25) is 0 Å². The van der Waals surface area contributed by atoms with Crippen LogP contribution in [0, 0.1) is 0 Å². The predicted octanol–water partition coefficient (Wildman–Crippen LogP) is 3.28. The van der Waals surface area contributed by atoms with Crippen molar-refractivity contribution in [3.8, 4) is 0 Å². The summed E-state index contributed by atoms with van der Waals surface area (Å²) in [7, 11) is 1.59. The van der Waals surface area contributed by atoms with Crippen molar-refractivity contribution in [2.45, 2.75) is 6.73 Å². The highest BCUT2D eigenvalue weighted by Crippen LogP contribution is 2.23.